The van der Waals surface area contributed by atoms with Gasteiger partial charge in [0.1, 0.15) is 5.82 Å². The molecule has 0 spiro atoms. The van der Waals surface area contributed by atoms with Crippen molar-refractivity contribution in [1.29, 1.82) is 0 Å². The van der Waals surface area contributed by atoms with E-state index in [4.69, 9.17) is 5.73 Å². The zero-order valence-electron chi connectivity index (χ0n) is 11.8. The first kappa shape index (κ1) is 14.3. The van der Waals surface area contributed by atoms with Crippen molar-refractivity contribution in [2.45, 2.75) is 6.54 Å². The average molecular weight is 309 g/mol. The number of pyridine rings is 1. The van der Waals surface area contributed by atoms with Gasteiger partial charge in [-0.2, -0.15) is 0 Å². The summed E-state index contributed by atoms with van der Waals surface area (Å²) in [6.07, 6.45) is 1.75. The van der Waals surface area contributed by atoms with Crippen molar-refractivity contribution < 1.29 is 4.79 Å². The minimum absolute atomic E-state index is 0.435. The van der Waals surface area contributed by atoms with Gasteiger partial charge in [0.15, 0.2) is 0 Å². The molecule has 0 aliphatic heterocycles. The number of hydrogen-bond acceptors (Lipinski definition) is 4. The van der Waals surface area contributed by atoms with Crippen LogP contribution < -0.4 is 11.1 Å². The van der Waals surface area contributed by atoms with Crippen LogP contribution >= 0.6 is 11.3 Å². The Hall–Kier alpha value is -2.66. The molecule has 0 aliphatic rings. The molecule has 0 unspecified atom stereocenters. The molecule has 4 nitrogen and oxygen atoms in total. The van der Waals surface area contributed by atoms with E-state index in [2.05, 4.69) is 16.4 Å². The van der Waals surface area contributed by atoms with E-state index in [1.54, 1.807) is 29.7 Å². The number of nitrogens with zero attached hydrogens (tertiary/aromatic N) is 1. The van der Waals surface area contributed by atoms with Crippen LogP contribution in [0.3, 0.4) is 0 Å². The number of aromatic nitrogens is 1. The second-order valence-corrected chi connectivity index (χ2v) is 5.81. The summed E-state index contributed by atoms with van der Waals surface area (Å²) < 4.78 is 0. The van der Waals surface area contributed by atoms with Crippen molar-refractivity contribution in [3.63, 3.8) is 0 Å². The van der Waals surface area contributed by atoms with Gasteiger partial charge in [-0.1, -0.05) is 24.3 Å². The molecule has 110 valence electrons. The topological polar surface area (TPSA) is 68.0 Å². The summed E-state index contributed by atoms with van der Waals surface area (Å²) >= 11 is 1.71. The van der Waals surface area contributed by atoms with Crippen molar-refractivity contribution in [3.05, 3.63) is 70.5 Å². The van der Waals surface area contributed by atoms with Crippen molar-refractivity contribution in [3.8, 4) is 11.1 Å². The zero-order valence-corrected chi connectivity index (χ0v) is 12.6. The van der Waals surface area contributed by atoms with Gasteiger partial charge in [0.05, 0.1) is 6.54 Å². The number of nitrogens with one attached hydrogen (secondary N) is 1. The van der Waals surface area contributed by atoms with Crippen molar-refractivity contribution in [1.82, 2.24) is 4.98 Å². The fraction of sp³-hybridized carbons (Fsp3) is 0.0588. The van der Waals surface area contributed by atoms with Crippen LogP contribution in [-0.4, -0.2) is 10.9 Å². The Morgan fingerprint density at radius 1 is 1.14 bits per heavy atom. The molecule has 2 aromatic heterocycles. The van der Waals surface area contributed by atoms with E-state index in [0.29, 0.717) is 5.56 Å². The molecule has 3 rings (SSSR count). The van der Waals surface area contributed by atoms with Gasteiger partial charge in [-0.25, -0.2) is 4.98 Å². The molecule has 3 aromatic rings. The lowest BCUT2D eigenvalue weighted by Crippen LogP contribution is -2.12. The smallest absolute Gasteiger partial charge is 0.249 e. The van der Waals surface area contributed by atoms with Crippen LogP contribution in [0.4, 0.5) is 5.82 Å². The third-order valence-electron chi connectivity index (χ3n) is 3.29. The van der Waals surface area contributed by atoms with Crippen molar-refractivity contribution in [2.75, 3.05) is 5.32 Å². The molecule has 0 saturated heterocycles. The number of thiophene rings is 1. The summed E-state index contributed by atoms with van der Waals surface area (Å²) in [5.74, 6) is 0.365. The van der Waals surface area contributed by atoms with Crippen LogP contribution in [0.15, 0.2) is 60.1 Å². The maximum atomic E-state index is 11.5. The predicted octanol–water partition coefficient (Wildman–Crippen LogP) is 3.52. The van der Waals surface area contributed by atoms with Crippen LogP contribution in [0, 0.1) is 0 Å². The largest absolute Gasteiger partial charge is 0.366 e. The minimum atomic E-state index is -0.435. The van der Waals surface area contributed by atoms with Gasteiger partial charge in [-0.3, -0.25) is 4.79 Å². The van der Waals surface area contributed by atoms with Gasteiger partial charge in [0, 0.05) is 22.2 Å². The summed E-state index contributed by atoms with van der Waals surface area (Å²) in [4.78, 5) is 17.1. The van der Waals surface area contributed by atoms with Crippen molar-refractivity contribution in [2.24, 2.45) is 5.73 Å². The van der Waals surface area contributed by atoms with Gasteiger partial charge in [0.2, 0.25) is 5.91 Å². The highest BCUT2D eigenvalue weighted by atomic mass is 32.1. The molecule has 0 bridgehead atoms. The number of rotatable bonds is 5. The monoisotopic (exact) mass is 309 g/mol. The molecule has 22 heavy (non-hydrogen) atoms. The maximum absolute atomic E-state index is 11.5. The number of carbonyl (C=O) groups excluding carboxylic acids is 1. The third kappa shape index (κ3) is 3.15. The predicted molar refractivity (Wildman–Crippen MR) is 89.8 cm³/mol. The highest BCUT2D eigenvalue weighted by molar-refractivity contribution is 7.09. The van der Waals surface area contributed by atoms with Crippen LogP contribution in [0.2, 0.25) is 0 Å². The van der Waals surface area contributed by atoms with E-state index >= 15 is 0 Å². The molecular formula is C17H15N3OS. The lowest BCUT2D eigenvalue weighted by atomic mass is 10.0. The molecular weight excluding hydrogens is 294 g/mol. The summed E-state index contributed by atoms with van der Waals surface area (Å²) in [6, 6.07) is 15.2. The molecule has 1 aromatic carbocycles. The minimum Gasteiger partial charge on any atom is -0.366 e. The molecule has 2 heterocycles. The Bertz CT molecular complexity index is 767. The maximum Gasteiger partial charge on any atom is 0.249 e. The molecule has 0 fully saturated rings. The Kier molecular flexibility index (Phi) is 4.16. The average Bonchev–Trinajstić information content (AvgIpc) is 3.07. The van der Waals surface area contributed by atoms with Crippen LogP contribution in [0.5, 0.6) is 0 Å². The molecule has 1 amide bonds. The number of hydrogen-bond donors (Lipinski definition) is 2. The van der Waals surface area contributed by atoms with Crippen molar-refractivity contribution >= 4 is 23.1 Å². The summed E-state index contributed by atoms with van der Waals surface area (Å²) in [6.45, 7) is 0.752. The fourth-order valence-corrected chi connectivity index (χ4v) is 2.84. The van der Waals surface area contributed by atoms with E-state index in [1.165, 1.54) is 4.88 Å². The van der Waals surface area contributed by atoms with E-state index < -0.39 is 5.91 Å². The Morgan fingerprint density at radius 2 is 2.00 bits per heavy atom. The first-order chi connectivity index (χ1) is 10.7. The zero-order chi connectivity index (χ0) is 15.4. The number of benzene rings is 1. The first-order valence-electron chi connectivity index (χ1n) is 6.85. The third-order valence-corrected chi connectivity index (χ3v) is 4.17. The molecule has 0 saturated carbocycles. The molecule has 3 N–H and O–H groups in total. The highest BCUT2D eigenvalue weighted by Crippen LogP contribution is 2.23. The second-order valence-electron chi connectivity index (χ2n) is 4.77. The van der Waals surface area contributed by atoms with Gasteiger partial charge in [-0.15, -0.1) is 11.3 Å². The summed E-state index contributed by atoms with van der Waals surface area (Å²) in [7, 11) is 0. The first-order valence-corrected chi connectivity index (χ1v) is 7.73. The lowest BCUT2D eigenvalue weighted by molar-refractivity contribution is 0.100. The van der Waals surface area contributed by atoms with Crippen LogP contribution in [-0.2, 0) is 6.54 Å². The van der Waals surface area contributed by atoms with E-state index in [1.807, 2.05) is 35.7 Å². The highest BCUT2D eigenvalue weighted by Gasteiger charge is 2.09. The SMILES string of the molecule is NC(=O)c1ccccc1-c1ccc(NCc2cccs2)nc1. The lowest BCUT2D eigenvalue weighted by Gasteiger charge is -2.08. The van der Waals surface area contributed by atoms with Gasteiger partial charge < -0.3 is 11.1 Å². The van der Waals surface area contributed by atoms with Gasteiger partial charge in [-0.05, 0) is 35.2 Å². The number of carbonyl (C=O) groups is 1. The number of anilines is 1. The summed E-state index contributed by atoms with van der Waals surface area (Å²) in [5.41, 5.74) is 7.59. The Balaban J connectivity index is 1.78. The van der Waals surface area contributed by atoms with E-state index in [9.17, 15) is 4.79 Å². The van der Waals surface area contributed by atoms with Crippen LogP contribution in [0.1, 0.15) is 15.2 Å². The Morgan fingerprint density at radius 3 is 2.68 bits per heavy atom. The Labute approximate surface area is 132 Å². The van der Waals surface area contributed by atoms with Gasteiger partial charge >= 0.3 is 0 Å². The standard InChI is InChI=1S/C17H15N3OS/c18-17(21)15-6-2-1-5-14(15)12-7-8-16(19-10-12)20-11-13-4-3-9-22-13/h1-10H,11H2,(H2,18,21)(H,19,20). The number of primary amides is 1. The normalized spacial score (nSPS) is 10.4. The summed E-state index contributed by atoms with van der Waals surface area (Å²) in [5, 5.41) is 5.32. The molecule has 0 radical (unpaired) electrons. The number of amides is 1. The second kappa shape index (κ2) is 6.41. The molecule has 0 atom stereocenters. The molecule has 0 aliphatic carbocycles. The fourth-order valence-electron chi connectivity index (χ4n) is 2.20. The van der Waals surface area contributed by atoms with E-state index in [-0.39, 0.29) is 0 Å². The quantitative estimate of drug-likeness (QED) is 0.757. The van der Waals surface area contributed by atoms with Gasteiger partial charge in [0.25, 0.3) is 0 Å². The van der Waals surface area contributed by atoms with E-state index in [0.717, 1.165) is 23.5 Å². The van der Waals surface area contributed by atoms with Crippen LogP contribution in [0.25, 0.3) is 11.1 Å². The number of nitrogens with two attached hydrogens (primary N) is 1. The molecule has 5 heteroatoms.